The molecule has 158 valence electrons. The molecule has 0 amide bonds. The van der Waals surface area contributed by atoms with E-state index in [1.54, 1.807) is 6.08 Å². The van der Waals surface area contributed by atoms with Gasteiger partial charge in [-0.05, 0) is 60.2 Å². The standard InChI is InChI=1S/C26H30N2.C2H6/c1-6-10-22(7-2)19-28-25-14-12-23(13-15-25)17-20(4)18-24(8-3)26-11-9-16-27-21(26)5;1-2/h6-7,9-16,18,28H,1-2,4,8,17,19H2,3,5H3;1-2H3/b22-10+,24-18+;. The Morgan fingerprint density at radius 3 is 2.37 bits per heavy atom. The summed E-state index contributed by atoms with van der Waals surface area (Å²) < 4.78 is 0. The van der Waals surface area contributed by atoms with Crippen molar-refractivity contribution < 1.29 is 0 Å². The molecule has 2 nitrogen and oxygen atoms in total. The average molecular weight is 401 g/mol. The Morgan fingerprint density at radius 2 is 1.80 bits per heavy atom. The van der Waals surface area contributed by atoms with Crippen molar-refractivity contribution in [3.63, 3.8) is 0 Å². The molecule has 30 heavy (non-hydrogen) atoms. The van der Waals surface area contributed by atoms with E-state index in [2.05, 4.69) is 80.3 Å². The van der Waals surface area contributed by atoms with Crippen LogP contribution in [0.4, 0.5) is 5.69 Å². The van der Waals surface area contributed by atoms with Gasteiger partial charge < -0.3 is 5.32 Å². The first-order valence-corrected chi connectivity index (χ1v) is 10.6. The third-order valence-electron chi connectivity index (χ3n) is 4.59. The van der Waals surface area contributed by atoms with Gasteiger partial charge in [-0.1, -0.05) is 88.6 Å². The van der Waals surface area contributed by atoms with E-state index in [9.17, 15) is 0 Å². The number of pyridine rings is 1. The van der Waals surface area contributed by atoms with E-state index in [0.717, 1.165) is 41.9 Å². The van der Waals surface area contributed by atoms with Crippen LogP contribution in [0.15, 0.2) is 97.8 Å². The topological polar surface area (TPSA) is 24.9 Å². The maximum atomic E-state index is 4.40. The number of allylic oxidation sites excluding steroid dienone is 5. The monoisotopic (exact) mass is 400 g/mol. The summed E-state index contributed by atoms with van der Waals surface area (Å²) in [4.78, 5) is 4.40. The van der Waals surface area contributed by atoms with Crippen LogP contribution in [0, 0.1) is 6.92 Å². The Bertz CT molecular complexity index is 883. The first-order chi connectivity index (χ1) is 14.6. The summed E-state index contributed by atoms with van der Waals surface area (Å²) in [5.74, 6) is 0. The maximum Gasteiger partial charge on any atom is 0.0447 e. The number of aryl methyl sites for hydroxylation is 1. The molecule has 1 aromatic heterocycles. The molecule has 2 aromatic rings. The van der Waals surface area contributed by atoms with E-state index in [4.69, 9.17) is 0 Å². The summed E-state index contributed by atoms with van der Waals surface area (Å²) in [6, 6.07) is 12.6. The van der Waals surface area contributed by atoms with Crippen molar-refractivity contribution in [3.8, 4) is 0 Å². The minimum absolute atomic E-state index is 0.731. The fraction of sp³-hybridized carbons (Fsp3) is 0.250. The number of anilines is 1. The third kappa shape index (κ3) is 8.08. The summed E-state index contributed by atoms with van der Waals surface area (Å²) in [7, 11) is 0. The highest BCUT2D eigenvalue weighted by Gasteiger charge is 2.05. The summed E-state index contributed by atoms with van der Waals surface area (Å²) in [6.07, 6.45) is 11.4. The van der Waals surface area contributed by atoms with Gasteiger partial charge in [-0.15, -0.1) is 0 Å². The van der Waals surface area contributed by atoms with Gasteiger partial charge in [-0.3, -0.25) is 4.98 Å². The third-order valence-corrected chi connectivity index (χ3v) is 4.59. The summed E-state index contributed by atoms with van der Waals surface area (Å²) in [5.41, 5.74) is 8.08. The van der Waals surface area contributed by atoms with Crippen molar-refractivity contribution in [2.24, 2.45) is 0 Å². The molecule has 2 rings (SSSR count). The van der Waals surface area contributed by atoms with Crippen molar-refractivity contribution in [3.05, 3.63) is 115 Å². The lowest BCUT2D eigenvalue weighted by Crippen LogP contribution is -2.03. The van der Waals surface area contributed by atoms with Crippen LogP contribution >= 0.6 is 0 Å². The van der Waals surface area contributed by atoms with Gasteiger partial charge in [-0.2, -0.15) is 0 Å². The summed E-state index contributed by atoms with van der Waals surface area (Å²) in [6.45, 7) is 20.8. The van der Waals surface area contributed by atoms with Gasteiger partial charge in [-0.25, -0.2) is 0 Å². The average Bonchev–Trinajstić information content (AvgIpc) is 2.78. The molecule has 0 aliphatic carbocycles. The lowest BCUT2D eigenvalue weighted by Gasteiger charge is -2.10. The Morgan fingerprint density at radius 1 is 1.10 bits per heavy atom. The number of hydrogen-bond acceptors (Lipinski definition) is 2. The van der Waals surface area contributed by atoms with Gasteiger partial charge in [0, 0.05) is 24.1 Å². The molecule has 1 heterocycles. The van der Waals surface area contributed by atoms with Crippen LogP contribution in [-0.2, 0) is 6.42 Å². The number of rotatable bonds is 10. The van der Waals surface area contributed by atoms with E-state index in [-0.39, 0.29) is 0 Å². The van der Waals surface area contributed by atoms with E-state index < -0.39 is 0 Å². The van der Waals surface area contributed by atoms with Crippen molar-refractivity contribution in [2.45, 2.75) is 40.5 Å². The smallest absolute Gasteiger partial charge is 0.0447 e. The molecule has 2 heteroatoms. The summed E-state index contributed by atoms with van der Waals surface area (Å²) in [5, 5.41) is 3.40. The minimum atomic E-state index is 0.731. The van der Waals surface area contributed by atoms with Gasteiger partial charge in [0.15, 0.2) is 0 Å². The number of hydrogen-bond donors (Lipinski definition) is 1. The molecule has 0 saturated heterocycles. The highest BCUT2D eigenvalue weighted by Crippen LogP contribution is 2.23. The van der Waals surface area contributed by atoms with Crippen LogP contribution in [0.5, 0.6) is 0 Å². The van der Waals surface area contributed by atoms with E-state index in [1.165, 1.54) is 16.7 Å². The molecule has 0 spiro atoms. The predicted molar refractivity (Wildman–Crippen MR) is 135 cm³/mol. The van der Waals surface area contributed by atoms with Crippen LogP contribution in [0.2, 0.25) is 0 Å². The van der Waals surface area contributed by atoms with E-state index in [0.29, 0.717) is 0 Å². The van der Waals surface area contributed by atoms with E-state index >= 15 is 0 Å². The zero-order valence-electron chi connectivity index (χ0n) is 19.0. The molecule has 0 bridgehead atoms. The number of aromatic nitrogens is 1. The second kappa shape index (κ2) is 13.9. The normalized spacial score (nSPS) is 11.2. The molecular weight excluding hydrogens is 364 g/mol. The second-order valence-corrected chi connectivity index (χ2v) is 6.73. The molecule has 0 aliphatic heterocycles. The molecule has 0 fully saturated rings. The molecule has 0 unspecified atom stereocenters. The van der Waals surface area contributed by atoms with Crippen molar-refractivity contribution in [2.75, 3.05) is 11.9 Å². The first-order valence-electron chi connectivity index (χ1n) is 10.6. The molecule has 0 aliphatic rings. The number of benzene rings is 1. The van der Waals surface area contributed by atoms with Crippen LogP contribution in [0.3, 0.4) is 0 Å². The quantitative estimate of drug-likeness (QED) is 0.413. The van der Waals surface area contributed by atoms with Gasteiger partial charge in [0.1, 0.15) is 0 Å². The molecule has 1 aromatic carbocycles. The molecule has 0 saturated carbocycles. The van der Waals surface area contributed by atoms with E-state index in [1.807, 2.05) is 38.3 Å². The largest absolute Gasteiger partial charge is 0.381 e. The minimum Gasteiger partial charge on any atom is -0.381 e. The van der Waals surface area contributed by atoms with Gasteiger partial charge in [0.2, 0.25) is 0 Å². The van der Waals surface area contributed by atoms with Crippen molar-refractivity contribution in [1.82, 2.24) is 4.98 Å². The van der Waals surface area contributed by atoms with Crippen LogP contribution in [0.1, 0.15) is 44.0 Å². The van der Waals surface area contributed by atoms with Gasteiger partial charge >= 0.3 is 0 Å². The fourth-order valence-electron chi connectivity index (χ4n) is 3.05. The van der Waals surface area contributed by atoms with Gasteiger partial charge in [0.25, 0.3) is 0 Å². The zero-order valence-corrected chi connectivity index (χ0v) is 19.0. The SMILES string of the molecule is C=C/C=C(\C=C)CNc1ccc(CC(=C)/C=C(\CC)c2cccnc2C)cc1.CC. The second-order valence-electron chi connectivity index (χ2n) is 6.73. The number of nitrogens with zero attached hydrogens (tertiary/aromatic N) is 1. The first kappa shape index (κ1) is 24.9. The highest BCUT2D eigenvalue weighted by molar-refractivity contribution is 5.69. The maximum absolute atomic E-state index is 4.40. The lowest BCUT2D eigenvalue weighted by atomic mass is 9.97. The molecule has 0 atom stereocenters. The zero-order chi connectivity index (χ0) is 22.4. The Hall–Kier alpha value is -3.13. The molecule has 0 radical (unpaired) electrons. The summed E-state index contributed by atoms with van der Waals surface area (Å²) >= 11 is 0. The Kier molecular flexibility index (Phi) is 11.6. The number of nitrogens with one attached hydrogen (secondary N) is 1. The van der Waals surface area contributed by atoms with Crippen molar-refractivity contribution >= 4 is 11.3 Å². The molecule has 1 N–H and O–H groups in total. The van der Waals surface area contributed by atoms with Crippen LogP contribution in [-0.4, -0.2) is 11.5 Å². The lowest BCUT2D eigenvalue weighted by molar-refractivity contribution is 1.14. The predicted octanol–water partition coefficient (Wildman–Crippen LogP) is 7.72. The molecular formula is C28H36N2. The van der Waals surface area contributed by atoms with Crippen LogP contribution < -0.4 is 5.32 Å². The van der Waals surface area contributed by atoms with Crippen molar-refractivity contribution in [1.29, 1.82) is 0 Å². The van der Waals surface area contributed by atoms with Gasteiger partial charge in [0.05, 0.1) is 0 Å². The highest BCUT2D eigenvalue weighted by atomic mass is 14.9. The van der Waals surface area contributed by atoms with Crippen LogP contribution in [0.25, 0.3) is 5.57 Å². The Balaban J connectivity index is 0.00000218. The Labute approximate surface area is 183 Å². The fourth-order valence-corrected chi connectivity index (χ4v) is 3.05.